The van der Waals surface area contributed by atoms with Crippen molar-refractivity contribution < 1.29 is 14.4 Å². The fourth-order valence-electron chi connectivity index (χ4n) is 6.49. The molecule has 6 heteroatoms. The Morgan fingerprint density at radius 1 is 0.938 bits per heavy atom. The van der Waals surface area contributed by atoms with Crippen molar-refractivity contribution in [2.75, 3.05) is 0 Å². The minimum Gasteiger partial charge on any atom is -0.319 e. The highest BCUT2D eigenvalue weighted by molar-refractivity contribution is 6.06. The number of piperidine rings is 1. The summed E-state index contributed by atoms with van der Waals surface area (Å²) in [6.45, 7) is 4.15. The molecule has 2 saturated heterocycles. The molecule has 2 heterocycles. The van der Waals surface area contributed by atoms with Gasteiger partial charge in [0, 0.05) is 18.5 Å². The second kappa shape index (κ2) is 8.38. The third-order valence-corrected chi connectivity index (χ3v) is 8.10. The molecule has 32 heavy (non-hydrogen) atoms. The Morgan fingerprint density at radius 2 is 1.50 bits per heavy atom. The number of likely N-dealkylation sites (tertiary alicyclic amines) is 2. The number of imide groups is 1. The van der Waals surface area contributed by atoms with Gasteiger partial charge in [-0.15, -0.1) is 0 Å². The molecular formula is C26H33N3O3. The molecule has 6 nitrogen and oxygen atoms in total. The lowest BCUT2D eigenvalue weighted by Crippen LogP contribution is -2.59. The minimum absolute atomic E-state index is 0.111. The Morgan fingerprint density at radius 3 is 2.03 bits per heavy atom. The van der Waals surface area contributed by atoms with Gasteiger partial charge in [-0.1, -0.05) is 42.5 Å². The summed E-state index contributed by atoms with van der Waals surface area (Å²) >= 11 is 0. The standard InChI is InChI=1S/C26H33N3O3/c1-16-7-6-8-17(2)28(16)26(32)27-21(15-18-9-4-3-5-10-18)29-24(30)22-19-11-12-20(14-13-19)23(22)25(29)31/h3-5,9-12,16-17,19-23H,6-8,13-15H2,1-2H3,(H,27,32)/t16-,17+,19-,20-,21+,22-,23+/m0/s1. The second-order valence-electron chi connectivity index (χ2n) is 10.1. The SMILES string of the molecule is C[C@@H]1CCC[C@H](C)N1C(=O)N[C@@H](Cc1ccccc1)N1C(=O)[C@@H]2[C@H](C1=O)[C@H]1C=C[C@H]2CC1. The van der Waals surface area contributed by atoms with Crippen LogP contribution in [0.15, 0.2) is 42.5 Å². The van der Waals surface area contributed by atoms with Gasteiger partial charge in [-0.3, -0.25) is 14.5 Å². The zero-order valence-electron chi connectivity index (χ0n) is 18.9. The van der Waals surface area contributed by atoms with Crippen molar-refractivity contribution in [1.29, 1.82) is 0 Å². The molecule has 5 aliphatic rings. The third kappa shape index (κ3) is 3.54. The summed E-state index contributed by atoms with van der Waals surface area (Å²) in [5.74, 6) is -0.480. The quantitative estimate of drug-likeness (QED) is 0.579. The van der Waals surface area contributed by atoms with Crippen molar-refractivity contribution in [3.63, 3.8) is 0 Å². The lowest BCUT2D eigenvalue weighted by atomic mass is 9.63. The van der Waals surface area contributed by atoms with Gasteiger partial charge in [0.15, 0.2) is 0 Å². The first-order valence-electron chi connectivity index (χ1n) is 12.1. The van der Waals surface area contributed by atoms with Gasteiger partial charge in [0.05, 0.1) is 11.8 Å². The Hall–Kier alpha value is -2.63. The number of nitrogens with zero attached hydrogens (tertiary/aromatic N) is 2. The lowest BCUT2D eigenvalue weighted by Gasteiger charge is -2.40. The molecule has 2 bridgehead atoms. The van der Waals surface area contributed by atoms with E-state index in [0.29, 0.717) is 6.42 Å². The Balaban J connectivity index is 1.43. The number of carbonyl (C=O) groups excluding carboxylic acids is 3. The van der Waals surface area contributed by atoms with Crippen LogP contribution in [0.3, 0.4) is 0 Å². The lowest BCUT2D eigenvalue weighted by molar-refractivity contribution is -0.143. The van der Waals surface area contributed by atoms with Crippen LogP contribution in [0.5, 0.6) is 0 Å². The molecule has 2 aliphatic heterocycles. The highest BCUT2D eigenvalue weighted by Crippen LogP contribution is 2.50. The van der Waals surface area contributed by atoms with Gasteiger partial charge in [0.25, 0.3) is 0 Å². The normalized spacial score (nSPS) is 34.6. The Kier molecular flexibility index (Phi) is 5.56. The van der Waals surface area contributed by atoms with E-state index >= 15 is 0 Å². The van der Waals surface area contributed by atoms with Gasteiger partial charge in [0.1, 0.15) is 6.17 Å². The van der Waals surface area contributed by atoms with Crippen LogP contribution in [0.25, 0.3) is 0 Å². The monoisotopic (exact) mass is 435 g/mol. The molecule has 1 aromatic rings. The maximum absolute atomic E-state index is 13.6. The van der Waals surface area contributed by atoms with Gasteiger partial charge < -0.3 is 10.2 Å². The van der Waals surface area contributed by atoms with Crippen LogP contribution >= 0.6 is 0 Å². The molecule has 1 N–H and O–H groups in total. The number of rotatable bonds is 4. The largest absolute Gasteiger partial charge is 0.319 e. The van der Waals surface area contributed by atoms with Crippen LogP contribution in [-0.4, -0.2) is 45.9 Å². The number of hydrogen-bond donors (Lipinski definition) is 1. The molecule has 1 saturated carbocycles. The van der Waals surface area contributed by atoms with Crippen molar-refractivity contribution in [3.8, 4) is 0 Å². The average Bonchev–Trinajstić information content (AvgIpc) is 3.07. The molecule has 1 aromatic carbocycles. The van der Waals surface area contributed by atoms with Crippen LogP contribution in [0.1, 0.15) is 51.5 Å². The minimum atomic E-state index is -0.670. The maximum Gasteiger partial charge on any atom is 0.319 e. The van der Waals surface area contributed by atoms with Gasteiger partial charge in [-0.25, -0.2) is 4.79 Å². The van der Waals surface area contributed by atoms with Gasteiger partial charge in [-0.2, -0.15) is 0 Å². The molecule has 0 aromatic heterocycles. The second-order valence-corrected chi connectivity index (χ2v) is 10.1. The van der Waals surface area contributed by atoms with E-state index in [-0.39, 0.29) is 53.6 Å². The molecule has 170 valence electrons. The molecule has 6 rings (SSSR count). The molecule has 4 amide bonds. The van der Waals surface area contributed by atoms with Crippen LogP contribution in [0, 0.1) is 23.7 Å². The number of nitrogens with one attached hydrogen (secondary N) is 1. The summed E-state index contributed by atoms with van der Waals surface area (Å²) in [4.78, 5) is 43.8. The predicted molar refractivity (Wildman–Crippen MR) is 121 cm³/mol. The van der Waals surface area contributed by atoms with E-state index in [1.165, 1.54) is 4.90 Å². The van der Waals surface area contributed by atoms with Crippen LogP contribution < -0.4 is 5.32 Å². The number of carbonyl (C=O) groups is 3. The summed E-state index contributed by atoms with van der Waals surface area (Å²) in [6.07, 6.45) is 9.00. The predicted octanol–water partition coefficient (Wildman–Crippen LogP) is 3.72. The molecule has 7 atom stereocenters. The number of amides is 4. The number of allylic oxidation sites excluding steroid dienone is 2. The molecule has 0 unspecified atom stereocenters. The summed E-state index contributed by atoms with van der Waals surface area (Å²) in [5, 5.41) is 3.11. The zero-order valence-corrected chi connectivity index (χ0v) is 18.9. The number of benzene rings is 1. The van der Waals surface area contributed by atoms with E-state index in [2.05, 4.69) is 31.3 Å². The number of hydrogen-bond acceptors (Lipinski definition) is 3. The van der Waals surface area contributed by atoms with Gasteiger partial charge in [0.2, 0.25) is 11.8 Å². The highest BCUT2D eigenvalue weighted by Gasteiger charge is 2.58. The Bertz CT molecular complexity index is 888. The first kappa shape index (κ1) is 21.2. The molecule has 3 fully saturated rings. The average molecular weight is 436 g/mol. The van der Waals surface area contributed by atoms with Gasteiger partial charge in [-0.05, 0) is 63.4 Å². The smallest absolute Gasteiger partial charge is 0.319 e. The molecule has 3 aliphatic carbocycles. The topological polar surface area (TPSA) is 69.7 Å². The zero-order chi connectivity index (χ0) is 22.4. The van der Waals surface area contributed by atoms with Crippen LogP contribution in [0.2, 0.25) is 0 Å². The van der Waals surface area contributed by atoms with E-state index in [1.54, 1.807) is 0 Å². The van der Waals surface area contributed by atoms with E-state index in [9.17, 15) is 14.4 Å². The first-order chi connectivity index (χ1) is 15.5. The van der Waals surface area contributed by atoms with Gasteiger partial charge >= 0.3 is 6.03 Å². The van der Waals surface area contributed by atoms with Crippen molar-refractivity contribution in [1.82, 2.24) is 15.1 Å². The van der Waals surface area contributed by atoms with E-state index < -0.39 is 6.17 Å². The van der Waals surface area contributed by atoms with Crippen molar-refractivity contribution in [3.05, 3.63) is 48.0 Å². The third-order valence-electron chi connectivity index (χ3n) is 8.10. The number of urea groups is 1. The summed E-state index contributed by atoms with van der Waals surface area (Å²) in [7, 11) is 0. The highest BCUT2D eigenvalue weighted by atomic mass is 16.2. The fraction of sp³-hybridized carbons (Fsp3) is 0.577. The molecular weight excluding hydrogens is 402 g/mol. The number of fused-ring (bicyclic) bond motifs is 1. The van der Waals surface area contributed by atoms with E-state index in [4.69, 9.17) is 0 Å². The van der Waals surface area contributed by atoms with E-state index in [0.717, 1.165) is 37.7 Å². The molecule has 0 radical (unpaired) electrons. The van der Waals surface area contributed by atoms with Crippen LogP contribution in [0.4, 0.5) is 4.79 Å². The van der Waals surface area contributed by atoms with Crippen molar-refractivity contribution >= 4 is 17.8 Å². The van der Waals surface area contributed by atoms with Crippen molar-refractivity contribution in [2.45, 2.75) is 70.6 Å². The molecule has 0 spiro atoms. The summed E-state index contributed by atoms with van der Waals surface area (Å²) < 4.78 is 0. The van der Waals surface area contributed by atoms with Crippen molar-refractivity contribution in [2.24, 2.45) is 23.7 Å². The van der Waals surface area contributed by atoms with Crippen LogP contribution in [-0.2, 0) is 16.0 Å². The first-order valence-corrected chi connectivity index (χ1v) is 12.1. The summed E-state index contributed by atoms with van der Waals surface area (Å²) in [6, 6.07) is 9.90. The summed E-state index contributed by atoms with van der Waals surface area (Å²) in [5.41, 5.74) is 0.995. The van der Waals surface area contributed by atoms with E-state index in [1.807, 2.05) is 35.2 Å². The Labute approximate surface area is 190 Å². The fourth-order valence-corrected chi connectivity index (χ4v) is 6.49. The maximum atomic E-state index is 13.6.